The van der Waals surface area contributed by atoms with Crippen LogP contribution in [0.15, 0.2) is 42.5 Å². The largest absolute Gasteiger partial charge is 0.497 e. The van der Waals surface area contributed by atoms with E-state index in [-0.39, 0.29) is 11.8 Å². The molecule has 1 aliphatic rings. The van der Waals surface area contributed by atoms with Crippen LogP contribution in [0, 0.1) is 13.8 Å². The van der Waals surface area contributed by atoms with Gasteiger partial charge in [-0.25, -0.2) is 0 Å². The van der Waals surface area contributed by atoms with Crippen LogP contribution >= 0.6 is 0 Å². The predicted molar refractivity (Wildman–Crippen MR) is 98.0 cm³/mol. The number of amides is 2. The number of methoxy groups -OCH3 is 1. The van der Waals surface area contributed by atoms with Crippen LogP contribution in [0.4, 0.5) is 11.4 Å². The molecule has 1 unspecified atom stereocenters. The summed E-state index contributed by atoms with van der Waals surface area (Å²) in [5.74, 6) is 0.520. The van der Waals surface area contributed by atoms with Gasteiger partial charge in [-0.3, -0.25) is 14.5 Å². The van der Waals surface area contributed by atoms with Crippen molar-refractivity contribution in [3.63, 3.8) is 0 Å². The zero-order chi connectivity index (χ0) is 18.0. The van der Waals surface area contributed by atoms with E-state index in [0.717, 1.165) is 16.8 Å². The van der Waals surface area contributed by atoms with E-state index in [0.29, 0.717) is 24.3 Å². The number of rotatable bonds is 4. The summed E-state index contributed by atoms with van der Waals surface area (Å²) in [7, 11) is 1.59. The van der Waals surface area contributed by atoms with Gasteiger partial charge in [0.25, 0.3) is 0 Å². The van der Waals surface area contributed by atoms with Gasteiger partial charge in [-0.1, -0.05) is 17.7 Å². The van der Waals surface area contributed by atoms with Crippen LogP contribution < -0.4 is 15.0 Å². The SMILES string of the molecule is COc1ccc(N2C(=O)CCC2C(=O)Nc2ccc(C)cc2C)cc1. The lowest BCUT2D eigenvalue weighted by Crippen LogP contribution is -2.41. The number of nitrogens with one attached hydrogen (secondary N) is 1. The Balaban J connectivity index is 1.81. The third-order valence-electron chi connectivity index (χ3n) is 4.51. The zero-order valence-corrected chi connectivity index (χ0v) is 14.7. The van der Waals surface area contributed by atoms with Crippen molar-refractivity contribution >= 4 is 23.2 Å². The van der Waals surface area contributed by atoms with Gasteiger partial charge >= 0.3 is 0 Å². The van der Waals surface area contributed by atoms with E-state index in [4.69, 9.17) is 4.74 Å². The second-order valence-electron chi connectivity index (χ2n) is 6.32. The first-order valence-electron chi connectivity index (χ1n) is 8.34. The minimum absolute atomic E-state index is 0.0362. The maximum atomic E-state index is 12.8. The first-order valence-corrected chi connectivity index (χ1v) is 8.34. The summed E-state index contributed by atoms with van der Waals surface area (Å²) in [6, 6.07) is 12.6. The molecule has 3 rings (SSSR count). The molecule has 0 aliphatic carbocycles. The third kappa shape index (κ3) is 3.50. The molecule has 1 N–H and O–H groups in total. The summed E-state index contributed by atoms with van der Waals surface area (Å²) in [5.41, 5.74) is 3.65. The Kier molecular flexibility index (Phi) is 4.74. The van der Waals surface area contributed by atoms with E-state index in [1.165, 1.54) is 0 Å². The fourth-order valence-electron chi connectivity index (χ4n) is 3.17. The number of anilines is 2. The number of nitrogens with zero attached hydrogens (tertiary/aromatic N) is 1. The molecule has 130 valence electrons. The van der Waals surface area contributed by atoms with Crippen molar-refractivity contribution in [2.24, 2.45) is 0 Å². The molecule has 1 aliphatic heterocycles. The van der Waals surface area contributed by atoms with Gasteiger partial charge in [0.2, 0.25) is 11.8 Å². The molecule has 5 heteroatoms. The second-order valence-corrected chi connectivity index (χ2v) is 6.32. The van der Waals surface area contributed by atoms with E-state index in [9.17, 15) is 9.59 Å². The van der Waals surface area contributed by atoms with Gasteiger partial charge in [0, 0.05) is 17.8 Å². The normalized spacial score (nSPS) is 16.8. The Morgan fingerprint density at radius 1 is 1.16 bits per heavy atom. The van der Waals surface area contributed by atoms with Gasteiger partial charge in [0.1, 0.15) is 11.8 Å². The molecule has 25 heavy (non-hydrogen) atoms. The molecular formula is C20H22N2O3. The number of aryl methyl sites for hydroxylation is 2. The monoisotopic (exact) mass is 338 g/mol. The Bertz CT molecular complexity index is 799. The van der Waals surface area contributed by atoms with Crippen molar-refractivity contribution < 1.29 is 14.3 Å². The fraction of sp³-hybridized carbons (Fsp3) is 0.300. The van der Waals surface area contributed by atoms with Crippen LogP contribution in [0.1, 0.15) is 24.0 Å². The lowest BCUT2D eigenvalue weighted by atomic mass is 10.1. The predicted octanol–water partition coefficient (Wildman–Crippen LogP) is 3.45. The molecule has 1 fully saturated rings. The van der Waals surface area contributed by atoms with Crippen LogP contribution in [-0.2, 0) is 9.59 Å². The number of hydrogen-bond acceptors (Lipinski definition) is 3. The van der Waals surface area contributed by atoms with Crippen LogP contribution in [-0.4, -0.2) is 25.0 Å². The summed E-state index contributed by atoms with van der Waals surface area (Å²) < 4.78 is 5.15. The van der Waals surface area contributed by atoms with Gasteiger partial charge < -0.3 is 10.1 Å². The second kappa shape index (κ2) is 6.97. The first kappa shape index (κ1) is 17.0. The van der Waals surface area contributed by atoms with Crippen molar-refractivity contribution in [3.05, 3.63) is 53.6 Å². The Hall–Kier alpha value is -2.82. The molecule has 2 aromatic rings. The summed E-state index contributed by atoms with van der Waals surface area (Å²) >= 11 is 0. The standard InChI is InChI=1S/C20H22N2O3/c1-13-4-9-17(14(2)12-13)21-20(24)18-10-11-19(23)22(18)15-5-7-16(25-3)8-6-15/h4-9,12,18H,10-11H2,1-3H3,(H,21,24). The smallest absolute Gasteiger partial charge is 0.247 e. The summed E-state index contributed by atoms with van der Waals surface area (Å²) in [6.07, 6.45) is 0.888. The quantitative estimate of drug-likeness (QED) is 0.929. The van der Waals surface area contributed by atoms with Crippen LogP contribution in [0.5, 0.6) is 5.75 Å². The summed E-state index contributed by atoms with van der Waals surface area (Å²) in [4.78, 5) is 26.7. The number of benzene rings is 2. The third-order valence-corrected chi connectivity index (χ3v) is 4.51. The molecule has 1 saturated heterocycles. The molecule has 0 radical (unpaired) electrons. The molecule has 0 saturated carbocycles. The zero-order valence-electron chi connectivity index (χ0n) is 14.7. The van der Waals surface area contributed by atoms with Gasteiger partial charge in [-0.15, -0.1) is 0 Å². The summed E-state index contributed by atoms with van der Waals surface area (Å²) in [5, 5.41) is 2.96. The molecule has 2 aromatic carbocycles. The Morgan fingerprint density at radius 3 is 2.52 bits per heavy atom. The van der Waals surface area contributed by atoms with E-state index < -0.39 is 6.04 Å². The number of hydrogen-bond donors (Lipinski definition) is 1. The Morgan fingerprint density at radius 2 is 1.88 bits per heavy atom. The van der Waals surface area contributed by atoms with E-state index in [2.05, 4.69) is 5.32 Å². The lowest BCUT2D eigenvalue weighted by Gasteiger charge is -2.24. The lowest BCUT2D eigenvalue weighted by molar-refractivity contribution is -0.120. The maximum Gasteiger partial charge on any atom is 0.247 e. The summed E-state index contributed by atoms with van der Waals surface area (Å²) in [6.45, 7) is 3.98. The number of carbonyl (C=O) groups excluding carboxylic acids is 2. The molecule has 0 bridgehead atoms. The van der Waals surface area contributed by atoms with Crippen molar-refractivity contribution in [2.75, 3.05) is 17.3 Å². The minimum Gasteiger partial charge on any atom is -0.497 e. The van der Waals surface area contributed by atoms with Gasteiger partial charge in [0.15, 0.2) is 0 Å². The molecule has 1 atom stereocenters. The van der Waals surface area contributed by atoms with Crippen LogP contribution in [0.25, 0.3) is 0 Å². The van der Waals surface area contributed by atoms with Crippen LogP contribution in [0.2, 0.25) is 0 Å². The van der Waals surface area contributed by atoms with E-state index in [1.54, 1.807) is 36.3 Å². The average Bonchev–Trinajstić information content (AvgIpc) is 2.99. The average molecular weight is 338 g/mol. The molecule has 0 aromatic heterocycles. The highest BCUT2D eigenvalue weighted by molar-refractivity contribution is 6.07. The first-order chi connectivity index (χ1) is 12.0. The van der Waals surface area contributed by atoms with Gasteiger partial charge in [-0.05, 0) is 56.2 Å². The van der Waals surface area contributed by atoms with Crippen molar-refractivity contribution in [3.8, 4) is 5.75 Å². The highest BCUT2D eigenvalue weighted by atomic mass is 16.5. The number of carbonyl (C=O) groups is 2. The van der Waals surface area contributed by atoms with Crippen molar-refractivity contribution in [2.45, 2.75) is 32.7 Å². The van der Waals surface area contributed by atoms with Crippen LogP contribution in [0.3, 0.4) is 0 Å². The minimum atomic E-state index is -0.499. The topological polar surface area (TPSA) is 58.6 Å². The van der Waals surface area contributed by atoms with Gasteiger partial charge in [-0.2, -0.15) is 0 Å². The fourth-order valence-corrected chi connectivity index (χ4v) is 3.17. The van der Waals surface area contributed by atoms with E-state index >= 15 is 0 Å². The van der Waals surface area contributed by atoms with Gasteiger partial charge in [0.05, 0.1) is 7.11 Å². The molecular weight excluding hydrogens is 316 g/mol. The highest BCUT2D eigenvalue weighted by Gasteiger charge is 2.37. The highest BCUT2D eigenvalue weighted by Crippen LogP contribution is 2.29. The number of ether oxygens (including phenoxy) is 1. The Labute approximate surface area is 147 Å². The maximum absolute atomic E-state index is 12.8. The van der Waals surface area contributed by atoms with Crippen molar-refractivity contribution in [1.29, 1.82) is 0 Å². The molecule has 1 heterocycles. The van der Waals surface area contributed by atoms with E-state index in [1.807, 2.05) is 32.0 Å². The molecule has 5 nitrogen and oxygen atoms in total. The molecule has 0 spiro atoms. The molecule has 2 amide bonds. The van der Waals surface area contributed by atoms with Crippen molar-refractivity contribution in [1.82, 2.24) is 0 Å².